The van der Waals surface area contributed by atoms with Crippen LogP contribution in [0.15, 0.2) is 0 Å². The lowest BCUT2D eigenvalue weighted by Crippen LogP contribution is -2.31. The molecule has 1 N–H and O–H groups in total. The van der Waals surface area contributed by atoms with Gasteiger partial charge in [0, 0.05) is 0 Å². The Balaban J connectivity index is 3.44. The van der Waals surface area contributed by atoms with Gasteiger partial charge in [-0.2, -0.15) is 8.78 Å². The number of alkyl halides is 3. The third-order valence-corrected chi connectivity index (χ3v) is 1.04. The molecule has 0 rings (SSSR count). The fourth-order valence-corrected chi connectivity index (χ4v) is 0.431. The average molecular weight is 172 g/mol. The minimum absolute atomic E-state index is 0.103. The molecule has 5 heteroatoms. The van der Waals surface area contributed by atoms with E-state index in [1.165, 1.54) is 0 Å². The van der Waals surface area contributed by atoms with E-state index in [-0.39, 0.29) is 6.61 Å². The van der Waals surface area contributed by atoms with Crippen molar-refractivity contribution >= 4 is 0 Å². The Labute approximate surface area is 63.0 Å². The van der Waals surface area contributed by atoms with E-state index in [1.807, 2.05) is 6.92 Å². The minimum Gasteiger partial charge on any atom is -0.342 e. The third kappa shape index (κ3) is 5.03. The highest BCUT2D eigenvalue weighted by Crippen LogP contribution is 2.18. The first-order valence-electron chi connectivity index (χ1n) is 3.34. The fraction of sp³-hybridized carbons (Fsp3) is 1.00. The van der Waals surface area contributed by atoms with Crippen molar-refractivity contribution in [3.05, 3.63) is 0 Å². The molecule has 1 unspecified atom stereocenters. The predicted octanol–water partition coefficient (Wildman–Crippen LogP) is 1.68. The van der Waals surface area contributed by atoms with Gasteiger partial charge in [-0.3, -0.25) is 0 Å². The van der Waals surface area contributed by atoms with Gasteiger partial charge in [0.25, 0.3) is 6.36 Å². The van der Waals surface area contributed by atoms with Crippen molar-refractivity contribution in [1.82, 2.24) is 0 Å². The summed E-state index contributed by atoms with van der Waals surface area (Å²) in [4.78, 5) is 0. The zero-order valence-electron chi connectivity index (χ0n) is 6.19. The summed E-state index contributed by atoms with van der Waals surface area (Å²) in [7, 11) is 0. The first kappa shape index (κ1) is 10.7. The summed E-state index contributed by atoms with van der Waals surface area (Å²) in [5.41, 5.74) is 0. The summed E-state index contributed by atoms with van der Waals surface area (Å²) in [5.74, 6) is 0. The maximum Gasteiger partial charge on any atom is 0.409 e. The average Bonchev–Trinajstić information content (AvgIpc) is 1.86. The molecular formula is C6H11F3O2. The second-order valence-corrected chi connectivity index (χ2v) is 2.13. The standard InChI is InChI=1S/C6H11F3O2/c1-2-3-4-11-5(7)6(8,9)10/h5,10H,2-4H2,1H3. The van der Waals surface area contributed by atoms with Crippen molar-refractivity contribution in [3.8, 4) is 0 Å². The SMILES string of the molecule is CCCCOC(F)C(O)(F)F. The zero-order valence-corrected chi connectivity index (χ0v) is 6.19. The number of unbranched alkanes of at least 4 members (excludes halogenated alkanes) is 1. The molecule has 0 saturated heterocycles. The van der Waals surface area contributed by atoms with Gasteiger partial charge in [0.15, 0.2) is 0 Å². The first-order valence-corrected chi connectivity index (χ1v) is 3.34. The van der Waals surface area contributed by atoms with Crippen LogP contribution in [0.2, 0.25) is 0 Å². The van der Waals surface area contributed by atoms with E-state index in [2.05, 4.69) is 4.74 Å². The van der Waals surface area contributed by atoms with Crippen LogP contribution in [0.1, 0.15) is 19.8 Å². The minimum atomic E-state index is -4.38. The lowest BCUT2D eigenvalue weighted by atomic mass is 10.4. The molecule has 0 aromatic carbocycles. The summed E-state index contributed by atoms with van der Waals surface area (Å²) in [6.45, 7) is 1.71. The summed E-state index contributed by atoms with van der Waals surface area (Å²) in [5, 5.41) is 7.75. The lowest BCUT2D eigenvalue weighted by Gasteiger charge is -2.14. The molecule has 0 aromatic heterocycles. The molecule has 0 spiro atoms. The van der Waals surface area contributed by atoms with Gasteiger partial charge in [0.1, 0.15) is 0 Å². The molecule has 11 heavy (non-hydrogen) atoms. The zero-order chi connectivity index (χ0) is 8.91. The van der Waals surface area contributed by atoms with E-state index >= 15 is 0 Å². The molecule has 0 aromatic rings. The maximum atomic E-state index is 12.0. The lowest BCUT2D eigenvalue weighted by molar-refractivity contribution is -0.307. The number of hydrogen-bond donors (Lipinski definition) is 1. The second kappa shape index (κ2) is 4.56. The Morgan fingerprint density at radius 3 is 2.45 bits per heavy atom. The van der Waals surface area contributed by atoms with Crippen LogP contribution in [-0.4, -0.2) is 24.2 Å². The summed E-state index contributed by atoms with van der Waals surface area (Å²) in [6, 6.07) is 0. The first-order chi connectivity index (χ1) is 4.98. The van der Waals surface area contributed by atoms with Crippen LogP contribution in [-0.2, 0) is 4.74 Å². The Morgan fingerprint density at radius 1 is 1.55 bits per heavy atom. The van der Waals surface area contributed by atoms with Crippen LogP contribution in [0.5, 0.6) is 0 Å². The molecule has 0 aliphatic heterocycles. The number of hydrogen-bond acceptors (Lipinski definition) is 2. The van der Waals surface area contributed by atoms with Crippen LogP contribution < -0.4 is 0 Å². The van der Waals surface area contributed by atoms with Gasteiger partial charge in [0.05, 0.1) is 6.61 Å². The van der Waals surface area contributed by atoms with E-state index in [1.54, 1.807) is 0 Å². The van der Waals surface area contributed by atoms with Crippen molar-refractivity contribution < 1.29 is 23.0 Å². The van der Waals surface area contributed by atoms with Crippen LogP contribution in [0.25, 0.3) is 0 Å². The largest absolute Gasteiger partial charge is 0.409 e. The quantitative estimate of drug-likeness (QED) is 0.639. The highest BCUT2D eigenvalue weighted by molar-refractivity contribution is 4.52. The molecular weight excluding hydrogens is 161 g/mol. The van der Waals surface area contributed by atoms with Gasteiger partial charge in [-0.1, -0.05) is 13.3 Å². The van der Waals surface area contributed by atoms with Crippen molar-refractivity contribution in [2.75, 3.05) is 6.61 Å². The third-order valence-electron chi connectivity index (χ3n) is 1.04. The van der Waals surface area contributed by atoms with E-state index in [0.717, 1.165) is 6.42 Å². The Morgan fingerprint density at radius 2 is 2.09 bits per heavy atom. The molecule has 0 aliphatic rings. The predicted molar refractivity (Wildman–Crippen MR) is 32.9 cm³/mol. The van der Waals surface area contributed by atoms with Crippen molar-refractivity contribution in [2.45, 2.75) is 32.2 Å². The number of halogens is 3. The summed E-state index contributed by atoms with van der Waals surface area (Å²) in [6.07, 6.45) is -6.07. The fourth-order valence-electron chi connectivity index (χ4n) is 0.431. The van der Waals surface area contributed by atoms with Crippen LogP contribution in [0, 0.1) is 0 Å². The van der Waals surface area contributed by atoms with E-state index in [4.69, 9.17) is 5.11 Å². The molecule has 0 heterocycles. The monoisotopic (exact) mass is 172 g/mol. The molecule has 0 bridgehead atoms. The normalized spacial score (nSPS) is 15.0. The number of rotatable bonds is 5. The molecule has 0 aliphatic carbocycles. The van der Waals surface area contributed by atoms with Crippen LogP contribution in [0.4, 0.5) is 13.2 Å². The molecule has 68 valence electrons. The maximum absolute atomic E-state index is 12.0. The molecule has 2 nitrogen and oxygen atoms in total. The highest BCUT2D eigenvalue weighted by Gasteiger charge is 2.38. The topological polar surface area (TPSA) is 29.5 Å². The van der Waals surface area contributed by atoms with Gasteiger partial charge >= 0.3 is 6.11 Å². The number of ether oxygens (including phenoxy) is 1. The smallest absolute Gasteiger partial charge is 0.342 e. The van der Waals surface area contributed by atoms with Gasteiger partial charge in [-0.05, 0) is 6.42 Å². The Kier molecular flexibility index (Phi) is 4.44. The van der Waals surface area contributed by atoms with E-state index in [9.17, 15) is 13.2 Å². The Hall–Kier alpha value is -0.290. The van der Waals surface area contributed by atoms with Crippen molar-refractivity contribution in [1.29, 1.82) is 0 Å². The van der Waals surface area contributed by atoms with Crippen LogP contribution >= 0.6 is 0 Å². The van der Waals surface area contributed by atoms with E-state index < -0.39 is 12.5 Å². The van der Waals surface area contributed by atoms with Crippen molar-refractivity contribution in [3.63, 3.8) is 0 Å². The van der Waals surface area contributed by atoms with Crippen molar-refractivity contribution in [2.24, 2.45) is 0 Å². The van der Waals surface area contributed by atoms with Crippen LogP contribution in [0.3, 0.4) is 0 Å². The van der Waals surface area contributed by atoms with Gasteiger partial charge < -0.3 is 9.84 Å². The van der Waals surface area contributed by atoms with Gasteiger partial charge in [-0.25, -0.2) is 4.39 Å². The molecule has 0 radical (unpaired) electrons. The van der Waals surface area contributed by atoms with Gasteiger partial charge in [0.2, 0.25) is 0 Å². The summed E-state index contributed by atoms with van der Waals surface area (Å²) >= 11 is 0. The molecule has 0 saturated carbocycles. The highest BCUT2D eigenvalue weighted by atomic mass is 19.3. The summed E-state index contributed by atoms with van der Waals surface area (Å²) < 4.78 is 39.2. The molecule has 0 fully saturated rings. The second-order valence-electron chi connectivity index (χ2n) is 2.13. The molecule has 0 amide bonds. The van der Waals surface area contributed by atoms with E-state index in [0.29, 0.717) is 6.42 Å². The van der Waals surface area contributed by atoms with Gasteiger partial charge in [-0.15, -0.1) is 0 Å². The Bertz CT molecular complexity index is 102. The molecule has 1 atom stereocenters. The number of aliphatic hydroxyl groups is 1.